The molecule has 1 aromatic heterocycles. The highest BCUT2D eigenvalue weighted by Gasteiger charge is 2.51. The lowest BCUT2D eigenvalue weighted by atomic mass is 9.71. The summed E-state index contributed by atoms with van der Waals surface area (Å²) in [6.07, 6.45) is 4.70. The van der Waals surface area contributed by atoms with Crippen LogP contribution in [0.1, 0.15) is 77.1 Å². The molecule has 9 heteroatoms. The second-order valence-electron chi connectivity index (χ2n) is 12.6. The van der Waals surface area contributed by atoms with E-state index in [0.29, 0.717) is 47.9 Å². The van der Waals surface area contributed by atoms with E-state index in [-0.39, 0.29) is 23.4 Å². The topological polar surface area (TPSA) is 102 Å². The van der Waals surface area contributed by atoms with Crippen molar-refractivity contribution in [2.24, 2.45) is 5.41 Å². The van der Waals surface area contributed by atoms with Crippen LogP contribution in [0.5, 0.6) is 0 Å². The normalized spacial score (nSPS) is 31.0. The molecule has 2 aromatic rings. The molecule has 5 rings (SSSR count). The van der Waals surface area contributed by atoms with Gasteiger partial charge in [-0.15, -0.1) is 0 Å². The Kier molecular flexibility index (Phi) is 6.41. The first-order valence-electron chi connectivity index (χ1n) is 13.6. The van der Waals surface area contributed by atoms with Crippen molar-refractivity contribution in [3.63, 3.8) is 0 Å². The molecule has 2 N–H and O–H groups in total. The van der Waals surface area contributed by atoms with E-state index in [1.165, 1.54) is 24.2 Å². The summed E-state index contributed by atoms with van der Waals surface area (Å²) in [4.78, 5) is 36.3. The van der Waals surface area contributed by atoms with Gasteiger partial charge in [-0.3, -0.25) is 4.79 Å². The molecule has 3 aliphatic heterocycles. The van der Waals surface area contributed by atoms with Crippen LogP contribution in [0.25, 0.3) is 11.1 Å². The van der Waals surface area contributed by atoms with Gasteiger partial charge in [-0.25, -0.2) is 4.79 Å². The van der Waals surface area contributed by atoms with Crippen molar-refractivity contribution in [3.05, 3.63) is 23.8 Å². The number of piperidine rings is 2. The molecule has 3 aliphatic rings. The van der Waals surface area contributed by atoms with Crippen LogP contribution < -0.4 is 10.2 Å². The summed E-state index contributed by atoms with van der Waals surface area (Å²) >= 11 is 0. The molecule has 2 bridgehead atoms. The van der Waals surface area contributed by atoms with Crippen molar-refractivity contribution in [1.29, 1.82) is 0 Å². The van der Waals surface area contributed by atoms with Crippen LogP contribution in [0.2, 0.25) is 0 Å². The first kappa shape index (κ1) is 25.8. The van der Waals surface area contributed by atoms with Gasteiger partial charge >= 0.3 is 6.09 Å². The fourth-order valence-electron chi connectivity index (χ4n) is 6.76. The Hall–Kier alpha value is -2.81. The number of hydrogen-bond acceptors (Lipinski definition) is 6. The first-order chi connectivity index (χ1) is 17.4. The Morgan fingerprint density at radius 2 is 1.86 bits per heavy atom. The summed E-state index contributed by atoms with van der Waals surface area (Å²) in [6, 6.07) is 7.00. The number of hydrogen-bond donors (Lipinski definition) is 2. The highest BCUT2D eigenvalue weighted by molar-refractivity contribution is 6.04. The molecule has 4 atom stereocenters. The van der Waals surface area contributed by atoms with E-state index in [1.807, 2.05) is 25.1 Å². The molecule has 2 amide bonds. The first-order valence-corrected chi connectivity index (χ1v) is 13.6. The van der Waals surface area contributed by atoms with Crippen LogP contribution in [0, 0.1) is 5.41 Å². The molecule has 3 saturated heterocycles. The fourth-order valence-corrected chi connectivity index (χ4v) is 6.76. The molecule has 3 fully saturated rings. The SMILES string of the molecule is C[C@H]1CN(C(=O)O)C[C@@](C)(C(C)(C)C)N1c1nc2c(C(=O)NC3CC4CCCC(C3)N4C)cccc2o1. The number of nitrogens with one attached hydrogen (secondary N) is 1. The number of benzene rings is 1. The second kappa shape index (κ2) is 9.19. The number of piperazine rings is 1. The van der Waals surface area contributed by atoms with Crippen molar-refractivity contribution in [2.45, 2.75) is 96.4 Å². The third-order valence-electron chi connectivity index (χ3n) is 9.38. The van der Waals surface area contributed by atoms with Crippen molar-refractivity contribution < 1.29 is 19.1 Å². The Morgan fingerprint density at radius 1 is 1.19 bits per heavy atom. The molecule has 0 spiro atoms. The maximum atomic E-state index is 13.5. The lowest BCUT2D eigenvalue weighted by Gasteiger charge is -2.56. The largest absolute Gasteiger partial charge is 0.465 e. The van der Waals surface area contributed by atoms with Gasteiger partial charge in [0.1, 0.15) is 5.52 Å². The molecular weight excluding hydrogens is 470 g/mol. The van der Waals surface area contributed by atoms with Gasteiger partial charge in [0.2, 0.25) is 0 Å². The molecular formula is C28H41N5O4. The number of amides is 2. The predicted octanol–water partition coefficient (Wildman–Crippen LogP) is 4.57. The standard InChI is InChI=1S/C28H41N5O4/c1-17-15-32(26(35)36)16-28(5,27(2,3)4)33(17)25-30-23-21(11-8-12-22(23)37-25)24(34)29-18-13-19-9-7-10-20(14-18)31(19)6/h8,11-12,17-20H,7,9-10,13-16H2,1-6H3,(H,29,34)(H,35,36)/t17-,18?,19?,20?,28-/m0/s1. The molecule has 9 nitrogen and oxygen atoms in total. The van der Waals surface area contributed by atoms with Crippen LogP contribution >= 0.6 is 0 Å². The average Bonchev–Trinajstić information content (AvgIpc) is 3.22. The lowest BCUT2D eigenvalue weighted by molar-refractivity contribution is 0.0463. The van der Waals surface area contributed by atoms with E-state index in [0.717, 1.165) is 12.8 Å². The zero-order chi connectivity index (χ0) is 26.7. The minimum atomic E-state index is -0.920. The number of oxazole rings is 1. The van der Waals surface area contributed by atoms with Gasteiger partial charge in [0.05, 0.1) is 11.1 Å². The number of rotatable bonds is 3. The number of fused-ring (bicyclic) bond motifs is 3. The number of carbonyl (C=O) groups excluding carboxylic acids is 1. The van der Waals surface area contributed by atoms with E-state index in [4.69, 9.17) is 9.40 Å². The van der Waals surface area contributed by atoms with Gasteiger partial charge in [-0.05, 0) is 64.1 Å². The van der Waals surface area contributed by atoms with Crippen LogP contribution in [-0.2, 0) is 0 Å². The van der Waals surface area contributed by atoms with Crippen molar-refractivity contribution in [1.82, 2.24) is 20.1 Å². The molecule has 1 aromatic carbocycles. The fraction of sp³-hybridized carbons (Fsp3) is 0.679. The molecule has 0 radical (unpaired) electrons. The molecule has 202 valence electrons. The van der Waals surface area contributed by atoms with Gasteiger partial charge in [0.25, 0.3) is 11.9 Å². The zero-order valence-corrected chi connectivity index (χ0v) is 23.0. The number of nitrogens with zero attached hydrogens (tertiary/aromatic N) is 4. The van der Waals surface area contributed by atoms with Gasteiger partial charge < -0.3 is 29.5 Å². The predicted molar refractivity (Wildman–Crippen MR) is 143 cm³/mol. The lowest BCUT2D eigenvalue weighted by Crippen LogP contribution is -2.70. The van der Waals surface area contributed by atoms with E-state index >= 15 is 0 Å². The summed E-state index contributed by atoms with van der Waals surface area (Å²) in [7, 11) is 2.22. The van der Waals surface area contributed by atoms with E-state index in [2.05, 4.69) is 49.9 Å². The molecule has 2 unspecified atom stereocenters. The Balaban J connectivity index is 1.44. The Morgan fingerprint density at radius 3 is 2.49 bits per heavy atom. The van der Waals surface area contributed by atoms with Crippen LogP contribution in [0.4, 0.5) is 10.8 Å². The van der Waals surface area contributed by atoms with E-state index in [9.17, 15) is 14.7 Å². The van der Waals surface area contributed by atoms with Gasteiger partial charge in [-0.1, -0.05) is 33.3 Å². The summed E-state index contributed by atoms with van der Waals surface area (Å²) in [5, 5.41) is 13.0. The second-order valence-corrected chi connectivity index (χ2v) is 12.6. The third-order valence-corrected chi connectivity index (χ3v) is 9.38. The van der Waals surface area contributed by atoms with Crippen molar-refractivity contribution >= 4 is 29.1 Å². The van der Waals surface area contributed by atoms with Gasteiger partial charge in [0, 0.05) is 37.3 Å². The number of para-hydroxylation sites is 1. The summed E-state index contributed by atoms with van der Waals surface area (Å²) in [5.74, 6) is -0.111. The van der Waals surface area contributed by atoms with Crippen molar-refractivity contribution in [2.75, 3.05) is 25.0 Å². The van der Waals surface area contributed by atoms with Crippen LogP contribution in [0.15, 0.2) is 22.6 Å². The highest BCUT2D eigenvalue weighted by Crippen LogP contribution is 2.43. The maximum absolute atomic E-state index is 13.5. The van der Waals surface area contributed by atoms with Gasteiger partial charge in [0.15, 0.2) is 5.58 Å². The minimum absolute atomic E-state index is 0.111. The minimum Gasteiger partial charge on any atom is -0.465 e. The van der Waals surface area contributed by atoms with E-state index < -0.39 is 11.6 Å². The maximum Gasteiger partial charge on any atom is 0.407 e. The number of carbonyl (C=O) groups is 2. The highest BCUT2D eigenvalue weighted by atomic mass is 16.4. The molecule has 0 aliphatic carbocycles. The molecule has 4 heterocycles. The number of aromatic nitrogens is 1. The summed E-state index contributed by atoms with van der Waals surface area (Å²) in [5.41, 5.74) is 0.783. The monoisotopic (exact) mass is 511 g/mol. The van der Waals surface area contributed by atoms with Crippen LogP contribution in [-0.4, -0.2) is 81.7 Å². The average molecular weight is 512 g/mol. The number of carboxylic acid groups (broad SMARTS) is 1. The molecule has 0 saturated carbocycles. The Bertz CT molecular complexity index is 1170. The number of anilines is 1. The van der Waals surface area contributed by atoms with E-state index in [1.54, 1.807) is 0 Å². The third kappa shape index (κ3) is 4.45. The zero-order valence-electron chi connectivity index (χ0n) is 23.0. The Labute approximate surface area is 219 Å². The van der Waals surface area contributed by atoms with Crippen LogP contribution in [0.3, 0.4) is 0 Å². The molecule has 37 heavy (non-hydrogen) atoms. The van der Waals surface area contributed by atoms with Crippen molar-refractivity contribution in [3.8, 4) is 0 Å². The smallest absolute Gasteiger partial charge is 0.407 e. The summed E-state index contributed by atoms with van der Waals surface area (Å²) in [6.45, 7) is 11.1. The quantitative estimate of drug-likeness (QED) is 0.623. The van der Waals surface area contributed by atoms with Gasteiger partial charge in [-0.2, -0.15) is 4.98 Å². The summed E-state index contributed by atoms with van der Waals surface area (Å²) < 4.78 is 6.28.